The summed E-state index contributed by atoms with van der Waals surface area (Å²) < 4.78 is 1.11. The summed E-state index contributed by atoms with van der Waals surface area (Å²) in [4.78, 5) is 24.4. The van der Waals surface area contributed by atoms with E-state index in [0.717, 1.165) is 38.5 Å². The van der Waals surface area contributed by atoms with Gasteiger partial charge in [-0.3, -0.25) is 14.7 Å². The largest absolute Gasteiger partial charge is 0.283 e. The first kappa shape index (κ1) is 20.2. The lowest BCUT2D eigenvalue weighted by Crippen LogP contribution is -2.32. The zero-order valence-corrected chi connectivity index (χ0v) is 18.4. The first-order valence-corrected chi connectivity index (χ1v) is 11.0. The molecule has 4 aromatic rings. The van der Waals surface area contributed by atoms with Crippen LogP contribution in [0.2, 0.25) is 0 Å². The molecule has 0 aliphatic heterocycles. The van der Waals surface area contributed by atoms with Gasteiger partial charge in [0, 0.05) is 12.4 Å². The van der Waals surface area contributed by atoms with Gasteiger partial charge in [-0.05, 0) is 54.7 Å². The molecule has 0 saturated carbocycles. The number of hydrogen-bond donors (Lipinski definition) is 0. The first-order chi connectivity index (χ1) is 14.5. The van der Waals surface area contributed by atoms with Crippen LogP contribution in [0.15, 0.2) is 60.9 Å². The lowest BCUT2D eigenvalue weighted by atomic mass is 10.0. The SMILES string of the molecule is CCc1cccc2sc(N(Cc3cccnc3)C(=O)Cc3ccc(C)cc3C)nc12. The molecule has 0 aliphatic carbocycles. The maximum atomic E-state index is 13.5. The smallest absolute Gasteiger partial charge is 0.233 e. The predicted octanol–water partition coefficient (Wildman–Crippen LogP) is 5.65. The van der Waals surface area contributed by atoms with E-state index in [9.17, 15) is 4.79 Å². The van der Waals surface area contributed by atoms with Gasteiger partial charge < -0.3 is 0 Å². The van der Waals surface area contributed by atoms with E-state index in [-0.39, 0.29) is 5.91 Å². The number of para-hydroxylation sites is 1. The van der Waals surface area contributed by atoms with E-state index >= 15 is 0 Å². The van der Waals surface area contributed by atoms with Gasteiger partial charge >= 0.3 is 0 Å². The summed E-state index contributed by atoms with van der Waals surface area (Å²) >= 11 is 1.57. The summed E-state index contributed by atoms with van der Waals surface area (Å²) in [6, 6.07) is 16.4. The number of thiazole rings is 1. The molecular weight excluding hydrogens is 390 g/mol. The summed E-state index contributed by atoms with van der Waals surface area (Å²) in [5.74, 6) is 0.0444. The Bertz CT molecular complexity index is 1180. The summed E-state index contributed by atoms with van der Waals surface area (Å²) in [6.45, 7) is 6.72. The summed E-state index contributed by atoms with van der Waals surface area (Å²) in [6.07, 6.45) is 4.82. The van der Waals surface area contributed by atoms with Gasteiger partial charge in [-0.1, -0.05) is 60.2 Å². The second-order valence-electron chi connectivity index (χ2n) is 7.56. The summed E-state index contributed by atoms with van der Waals surface area (Å²) in [7, 11) is 0. The summed E-state index contributed by atoms with van der Waals surface area (Å²) in [5.41, 5.74) is 6.59. The second kappa shape index (κ2) is 8.76. The second-order valence-corrected chi connectivity index (χ2v) is 8.57. The quantitative estimate of drug-likeness (QED) is 0.409. The van der Waals surface area contributed by atoms with Gasteiger partial charge in [-0.2, -0.15) is 0 Å². The molecule has 0 bridgehead atoms. The number of fused-ring (bicyclic) bond motifs is 1. The van der Waals surface area contributed by atoms with Crippen molar-refractivity contribution in [3.8, 4) is 0 Å². The van der Waals surface area contributed by atoms with Crippen LogP contribution in [0.5, 0.6) is 0 Å². The number of amides is 1. The van der Waals surface area contributed by atoms with Crippen LogP contribution in [0, 0.1) is 13.8 Å². The molecule has 2 aromatic carbocycles. The Morgan fingerprint density at radius 1 is 1.07 bits per heavy atom. The first-order valence-electron chi connectivity index (χ1n) is 10.2. The average molecular weight is 416 g/mol. The van der Waals surface area contributed by atoms with Crippen LogP contribution >= 0.6 is 11.3 Å². The van der Waals surface area contributed by atoms with Gasteiger partial charge in [0.1, 0.15) is 0 Å². The third-order valence-electron chi connectivity index (χ3n) is 5.31. The third kappa shape index (κ3) is 4.26. The fraction of sp³-hybridized carbons (Fsp3) is 0.240. The molecule has 0 atom stereocenters. The molecular formula is C25H25N3OS. The maximum absolute atomic E-state index is 13.5. The van der Waals surface area contributed by atoms with Gasteiger partial charge in [-0.15, -0.1) is 0 Å². The van der Waals surface area contributed by atoms with Crippen molar-refractivity contribution in [3.63, 3.8) is 0 Å². The Labute approximate surface area is 181 Å². The third-order valence-corrected chi connectivity index (χ3v) is 6.35. The normalized spacial score (nSPS) is 11.0. The number of hydrogen-bond acceptors (Lipinski definition) is 4. The fourth-order valence-corrected chi connectivity index (χ4v) is 4.66. The monoisotopic (exact) mass is 415 g/mol. The van der Waals surface area contributed by atoms with Crippen LogP contribution in [0.4, 0.5) is 5.13 Å². The molecule has 5 heteroatoms. The van der Waals surface area contributed by atoms with Gasteiger partial charge in [-0.25, -0.2) is 4.98 Å². The van der Waals surface area contributed by atoms with Gasteiger partial charge in [0.15, 0.2) is 5.13 Å². The van der Waals surface area contributed by atoms with Crippen molar-refractivity contribution < 1.29 is 4.79 Å². The Hall–Kier alpha value is -3.05. The summed E-state index contributed by atoms with van der Waals surface area (Å²) in [5, 5.41) is 0.740. The number of nitrogens with zero attached hydrogens (tertiary/aromatic N) is 3. The van der Waals surface area contributed by atoms with Crippen LogP contribution in [0.3, 0.4) is 0 Å². The highest BCUT2D eigenvalue weighted by molar-refractivity contribution is 7.22. The average Bonchev–Trinajstić information content (AvgIpc) is 3.18. The lowest BCUT2D eigenvalue weighted by molar-refractivity contribution is -0.118. The molecule has 0 spiro atoms. The van der Waals surface area contributed by atoms with E-state index in [1.54, 1.807) is 22.4 Å². The van der Waals surface area contributed by atoms with Crippen LogP contribution in [0.1, 0.15) is 34.7 Å². The molecule has 0 saturated heterocycles. The van der Waals surface area contributed by atoms with E-state index in [4.69, 9.17) is 4.98 Å². The van der Waals surface area contributed by atoms with Crippen molar-refractivity contribution in [2.75, 3.05) is 4.90 Å². The van der Waals surface area contributed by atoms with Crippen LogP contribution in [-0.4, -0.2) is 15.9 Å². The van der Waals surface area contributed by atoms with E-state index in [1.165, 1.54) is 11.1 Å². The van der Waals surface area contributed by atoms with Crippen molar-refractivity contribution in [2.24, 2.45) is 0 Å². The van der Waals surface area contributed by atoms with Crippen LogP contribution in [0.25, 0.3) is 10.2 Å². The lowest BCUT2D eigenvalue weighted by Gasteiger charge is -2.20. The molecule has 2 heterocycles. The molecule has 0 radical (unpaired) electrons. The highest BCUT2D eigenvalue weighted by Crippen LogP contribution is 2.32. The Morgan fingerprint density at radius 3 is 2.67 bits per heavy atom. The molecule has 1 amide bonds. The van der Waals surface area contributed by atoms with Crippen molar-refractivity contribution >= 4 is 32.6 Å². The minimum absolute atomic E-state index is 0.0444. The van der Waals surface area contributed by atoms with E-state index in [1.807, 2.05) is 18.3 Å². The number of aryl methyl sites for hydroxylation is 3. The molecule has 4 nitrogen and oxygen atoms in total. The Kier molecular flexibility index (Phi) is 5.91. The molecule has 30 heavy (non-hydrogen) atoms. The predicted molar refractivity (Wildman–Crippen MR) is 124 cm³/mol. The molecule has 2 aromatic heterocycles. The number of carbonyl (C=O) groups excluding carboxylic acids is 1. The van der Waals surface area contributed by atoms with Crippen molar-refractivity contribution in [1.29, 1.82) is 0 Å². The zero-order chi connectivity index (χ0) is 21.1. The number of benzene rings is 2. The molecule has 152 valence electrons. The highest BCUT2D eigenvalue weighted by atomic mass is 32.1. The molecule has 4 rings (SSSR count). The minimum atomic E-state index is 0.0444. The highest BCUT2D eigenvalue weighted by Gasteiger charge is 2.22. The molecule has 0 unspecified atom stereocenters. The Morgan fingerprint density at radius 2 is 1.93 bits per heavy atom. The van der Waals surface area contributed by atoms with Gasteiger partial charge in [0.05, 0.1) is 23.2 Å². The van der Waals surface area contributed by atoms with Crippen molar-refractivity contribution in [2.45, 2.75) is 40.2 Å². The molecule has 0 aliphatic rings. The van der Waals surface area contributed by atoms with Crippen LogP contribution < -0.4 is 4.90 Å². The number of anilines is 1. The van der Waals surface area contributed by atoms with Gasteiger partial charge in [0.2, 0.25) is 5.91 Å². The molecule has 0 N–H and O–H groups in total. The van der Waals surface area contributed by atoms with E-state index in [2.05, 4.69) is 62.2 Å². The topological polar surface area (TPSA) is 46.1 Å². The number of pyridine rings is 1. The van der Waals surface area contributed by atoms with Crippen molar-refractivity contribution in [3.05, 3.63) is 88.7 Å². The standard InChI is InChI=1S/C25H25N3OS/c1-4-20-8-5-9-22-24(20)27-25(30-22)28(16-19-7-6-12-26-15-19)23(29)14-21-11-10-17(2)13-18(21)3/h5-13,15H,4,14,16H2,1-3H3. The minimum Gasteiger partial charge on any atom is -0.283 e. The van der Waals surface area contributed by atoms with E-state index < -0.39 is 0 Å². The maximum Gasteiger partial charge on any atom is 0.233 e. The number of carbonyl (C=O) groups is 1. The van der Waals surface area contributed by atoms with E-state index in [0.29, 0.717) is 13.0 Å². The zero-order valence-electron chi connectivity index (χ0n) is 17.6. The van der Waals surface area contributed by atoms with Crippen LogP contribution in [-0.2, 0) is 24.2 Å². The van der Waals surface area contributed by atoms with Gasteiger partial charge in [0.25, 0.3) is 0 Å². The molecule has 0 fully saturated rings. The number of aromatic nitrogens is 2. The number of rotatable bonds is 6. The fourth-order valence-electron chi connectivity index (χ4n) is 3.63. The Balaban J connectivity index is 1.71. The van der Waals surface area contributed by atoms with Crippen molar-refractivity contribution in [1.82, 2.24) is 9.97 Å².